The van der Waals surface area contributed by atoms with Gasteiger partial charge in [-0.15, -0.1) is 0 Å². The minimum absolute atomic E-state index is 0.0446. The van der Waals surface area contributed by atoms with Gasteiger partial charge in [-0.2, -0.15) is 0 Å². The van der Waals surface area contributed by atoms with Crippen molar-refractivity contribution in [1.29, 1.82) is 0 Å². The average molecular weight is 443 g/mol. The molecule has 0 saturated heterocycles. The molecule has 0 amide bonds. The first kappa shape index (κ1) is 20.1. The maximum atomic E-state index is 14.2. The largest absolute Gasteiger partial charge is 0.402 e. The molecule has 0 radical (unpaired) electrons. The molecule has 3 aromatic rings. The van der Waals surface area contributed by atoms with E-state index >= 15 is 0 Å². The Morgan fingerprint density at radius 3 is 1.31 bits per heavy atom. The maximum Gasteiger partial charge on any atom is 0.323 e. The minimum atomic E-state index is -2.17. The Kier molecular flexibility index (Phi) is 4.91. The molecule has 0 aromatic heterocycles. The van der Waals surface area contributed by atoms with Crippen LogP contribution in [0.2, 0.25) is 0 Å². The Hall–Kier alpha value is -2.52. The first-order valence-corrected chi connectivity index (χ1v) is 13.5. The zero-order chi connectivity index (χ0) is 21.6. The standard InChI is InChI=1S/C29H30O2S/c30-28(29-19-22-16-23(20-29)18-24(17-22)21-29)31-32(25-10-4-1-5-11-25,26-12-6-2-7-13-26)27-14-8-3-9-15-27/h1-15,22-24H,16-21H2. The van der Waals surface area contributed by atoms with Crippen LogP contribution >= 0.6 is 10.3 Å². The Balaban J connectivity index is 1.49. The fourth-order valence-electron chi connectivity index (χ4n) is 6.95. The minimum Gasteiger partial charge on any atom is -0.402 e. The second-order valence-electron chi connectivity index (χ2n) is 10.1. The highest BCUT2D eigenvalue weighted by atomic mass is 32.3. The molecule has 32 heavy (non-hydrogen) atoms. The van der Waals surface area contributed by atoms with Crippen molar-refractivity contribution >= 4 is 16.3 Å². The predicted octanol–water partition coefficient (Wildman–Crippen LogP) is 7.64. The normalized spacial score (nSPS) is 28.9. The number of carbonyl (C=O) groups is 1. The molecule has 164 valence electrons. The highest BCUT2D eigenvalue weighted by Gasteiger charge is 2.56. The van der Waals surface area contributed by atoms with E-state index in [4.69, 9.17) is 4.18 Å². The molecule has 0 N–H and O–H groups in total. The van der Waals surface area contributed by atoms with Crippen LogP contribution in [-0.4, -0.2) is 5.97 Å². The summed E-state index contributed by atoms with van der Waals surface area (Å²) in [6, 6.07) is 31.2. The summed E-state index contributed by atoms with van der Waals surface area (Å²) in [5.74, 6) is 2.18. The lowest BCUT2D eigenvalue weighted by Gasteiger charge is -2.56. The van der Waals surface area contributed by atoms with E-state index in [1.54, 1.807) is 0 Å². The summed E-state index contributed by atoms with van der Waals surface area (Å²) in [7, 11) is -2.17. The van der Waals surface area contributed by atoms with Gasteiger partial charge in [0.2, 0.25) is 0 Å². The molecule has 0 aliphatic heterocycles. The van der Waals surface area contributed by atoms with E-state index in [9.17, 15) is 4.79 Å². The Morgan fingerprint density at radius 1 is 0.625 bits per heavy atom. The number of hydrogen-bond donors (Lipinski definition) is 0. The van der Waals surface area contributed by atoms with Crippen molar-refractivity contribution in [3.63, 3.8) is 0 Å². The van der Waals surface area contributed by atoms with E-state index in [1.807, 2.05) is 18.2 Å². The van der Waals surface area contributed by atoms with Crippen LogP contribution in [0.5, 0.6) is 0 Å². The monoisotopic (exact) mass is 442 g/mol. The summed E-state index contributed by atoms with van der Waals surface area (Å²) in [4.78, 5) is 17.5. The summed E-state index contributed by atoms with van der Waals surface area (Å²) in [6.45, 7) is 0. The number of benzene rings is 3. The Labute approximate surface area is 192 Å². The molecule has 3 heteroatoms. The molecule has 4 saturated carbocycles. The van der Waals surface area contributed by atoms with Crippen molar-refractivity contribution in [3.05, 3.63) is 91.0 Å². The average Bonchev–Trinajstić information content (AvgIpc) is 2.83. The van der Waals surface area contributed by atoms with Crippen LogP contribution < -0.4 is 0 Å². The lowest BCUT2D eigenvalue weighted by molar-refractivity contribution is -0.160. The molecular weight excluding hydrogens is 412 g/mol. The van der Waals surface area contributed by atoms with E-state index in [2.05, 4.69) is 72.8 Å². The molecule has 0 spiro atoms. The molecule has 0 unspecified atom stereocenters. The summed E-state index contributed by atoms with van der Waals surface area (Å²) >= 11 is 0. The summed E-state index contributed by atoms with van der Waals surface area (Å²) < 4.78 is 6.93. The lowest BCUT2D eigenvalue weighted by atomic mass is 9.49. The maximum absolute atomic E-state index is 14.2. The highest BCUT2D eigenvalue weighted by molar-refractivity contribution is 8.30. The van der Waals surface area contributed by atoms with Crippen molar-refractivity contribution < 1.29 is 8.98 Å². The van der Waals surface area contributed by atoms with Crippen LogP contribution in [0.3, 0.4) is 0 Å². The molecule has 3 aromatic carbocycles. The van der Waals surface area contributed by atoms with Crippen LogP contribution in [-0.2, 0) is 8.98 Å². The van der Waals surface area contributed by atoms with Gasteiger partial charge in [-0.25, -0.2) is 0 Å². The molecule has 4 bridgehead atoms. The van der Waals surface area contributed by atoms with E-state index in [1.165, 1.54) is 19.3 Å². The van der Waals surface area contributed by atoms with Gasteiger partial charge in [0.1, 0.15) is 0 Å². The first-order valence-electron chi connectivity index (χ1n) is 11.9. The third-order valence-corrected chi connectivity index (χ3v) is 11.1. The van der Waals surface area contributed by atoms with Crippen LogP contribution in [0.15, 0.2) is 106 Å². The van der Waals surface area contributed by atoms with Crippen LogP contribution in [0.4, 0.5) is 0 Å². The molecule has 0 atom stereocenters. The van der Waals surface area contributed by atoms with Gasteiger partial charge in [-0.1, -0.05) is 54.6 Å². The topological polar surface area (TPSA) is 26.3 Å². The predicted molar refractivity (Wildman–Crippen MR) is 128 cm³/mol. The van der Waals surface area contributed by atoms with Gasteiger partial charge >= 0.3 is 5.97 Å². The summed E-state index contributed by atoms with van der Waals surface area (Å²) in [5.41, 5.74) is -0.286. The molecule has 0 heterocycles. The van der Waals surface area contributed by atoms with Gasteiger partial charge in [-0.3, -0.25) is 4.79 Å². The van der Waals surface area contributed by atoms with Crippen molar-refractivity contribution in [2.45, 2.75) is 53.2 Å². The highest BCUT2D eigenvalue weighted by Crippen LogP contribution is 2.71. The zero-order valence-corrected chi connectivity index (χ0v) is 19.2. The molecule has 4 aliphatic rings. The van der Waals surface area contributed by atoms with Gasteiger partial charge < -0.3 is 4.18 Å². The Morgan fingerprint density at radius 2 is 0.969 bits per heavy atom. The summed E-state index contributed by atoms with van der Waals surface area (Å²) in [5, 5.41) is 0. The van der Waals surface area contributed by atoms with Gasteiger partial charge in [-0.05, 0) is 103 Å². The second-order valence-corrected chi connectivity index (χ2v) is 12.8. The first-order chi connectivity index (χ1) is 15.7. The van der Waals surface area contributed by atoms with E-state index in [0.717, 1.165) is 33.9 Å². The quantitative estimate of drug-likeness (QED) is 0.406. The van der Waals surface area contributed by atoms with Crippen molar-refractivity contribution in [2.24, 2.45) is 23.2 Å². The molecule has 4 aliphatic carbocycles. The molecular formula is C29H30O2S. The zero-order valence-electron chi connectivity index (χ0n) is 18.4. The van der Waals surface area contributed by atoms with Crippen LogP contribution in [0.1, 0.15) is 38.5 Å². The second kappa shape index (κ2) is 7.81. The summed E-state index contributed by atoms with van der Waals surface area (Å²) in [6.07, 6.45) is 7.02. The van der Waals surface area contributed by atoms with Crippen molar-refractivity contribution in [3.8, 4) is 0 Å². The third kappa shape index (κ3) is 3.21. The number of hydrogen-bond acceptors (Lipinski definition) is 2. The fraction of sp³-hybridized carbons (Fsp3) is 0.345. The van der Waals surface area contributed by atoms with Gasteiger partial charge in [0, 0.05) is 14.7 Å². The van der Waals surface area contributed by atoms with Gasteiger partial charge in [0.25, 0.3) is 0 Å². The lowest BCUT2D eigenvalue weighted by Crippen LogP contribution is -2.50. The molecule has 7 rings (SSSR count). The Bertz CT molecular complexity index is 962. The van der Waals surface area contributed by atoms with Gasteiger partial charge in [0.15, 0.2) is 0 Å². The molecule has 4 fully saturated rings. The SMILES string of the molecule is O=C(OS(c1ccccc1)(c1ccccc1)c1ccccc1)C12CC3CC(CC(C3)C1)C2. The number of rotatable bonds is 5. The fourth-order valence-corrected chi connectivity index (χ4v) is 10.1. The van der Waals surface area contributed by atoms with Crippen LogP contribution in [0, 0.1) is 23.2 Å². The smallest absolute Gasteiger partial charge is 0.323 e. The van der Waals surface area contributed by atoms with E-state index < -0.39 is 10.3 Å². The van der Waals surface area contributed by atoms with E-state index in [0.29, 0.717) is 17.8 Å². The molecule has 2 nitrogen and oxygen atoms in total. The van der Waals surface area contributed by atoms with Gasteiger partial charge in [0.05, 0.1) is 5.41 Å². The van der Waals surface area contributed by atoms with Crippen LogP contribution in [0.25, 0.3) is 0 Å². The number of carbonyl (C=O) groups excluding carboxylic acids is 1. The van der Waals surface area contributed by atoms with Crippen molar-refractivity contribution in [1.82, 2.24) is 0 Å². The third-order valence-electron chi connectivity index (χ3n) is 7.90. The van der Waals surface area contributed by atoms with Crippen molar-refractivity contribution in [2.75, 3.05) is 0 Å². The van der Waals surface area contributed by atoms with E-state index in [-0.39, 0.29) is 11.4 Å².